The maximum absolute atomic E-state index is 13.1. The van der Waals surface area contributed by atoms with E-state index in [9.17, 15) is 23.9 Å². The van der Waals surface area contributed by atoms with Gasteiger partial charge in [-0.1, -0.05) is 12.1 Å². The molecule has 4 nitrogen and oxygen atoms in total. The first-order valence-electron chi connectivity index (χ1n) is 7.16. The minimum Gasteiger partial charge on any atom is -0.389 e. The second kappa shape index (κ2) is 5.72. The Labute approximate surface area is 128 Å². The molecule has 1 aromatic rings. The zero-order valence-corrected chi connectivity index (χ0v) is 12.8. The molecule has 4 atom stereocenters. The summed E-state index contributed by atoms with van der Waals surface area (Å²) in [7, 11) is 0. The van der Waals surface area contributed by atoms with Crippen molar-refractivity contribution in [3.8, 4) is 0 Å². The Morgan fingerprint density at radius 3 is 2.18 bits per heavy atom. The number of rotatable bonds is 3. The number of hydrogen-bond donors (Lipinski definition) is 1. The fourth-order valence-corrected chi connectivity index (χ4v) is 3.59. The van der Waals surface area contributed by atoms with Gasteiger partial charge in [0.2, 0.25) is 0 Å². The molecule has 0 unspecified atom stereocenters. The maximum Gasteiger partial charge on any atom is 0.146 e. The third kappa shape index (κ3) is 2.86. The summed E-state index contributed by atoms with van der Waals surface area (Å²) >= 11 is 0. The number of benzene rings is 1. The van der Waals surface area contributed by atoms with Crippen molar-refractivity contribution in [2.24, 2.45) is 11.8 Å². The number of hydrogen-bond acceptors (Lipinski definition) is 4. The van der Waals surface area contributed by atoms with Gasteiger partial charge in [-0.15, -0.1) is 0 Å². The van der Waals surface area contributed by atoms with Crippen LogP contribution in [0.3, 0.4) is 0 Å². The summed E-state index contributed by atoms with van der Waals surface area (Å²) in [5.74, 6) is -4.11. The monoisotopic (exact) mass is 306 g/mol. The summed E-state index contributed by atoms with van der Waals surface area (Å²) < 4.78 is 13.1. The molecule has 1 fully saturated rings. The molecular weight excluding hydrogens is 287 g/mol. The van der Waals surface area contributed by atoms with Crippen molar-refractivity contribution in [2.75, 3.05) is 0 Å². The van der Waals surface area contributed by atoms with Crippen LogP contribution in [-0.4, -0.2) is 28.1 Å². The lowest BCUT2D eigenvalue weighted by atomic mass is 9.60. The van der Waals surface area contributed by atoms with Gasteiger partial charge < -0.3 is 5.11 Å². The van der Waals surface area contributed by atoms with Gasteiger partial charge in [0, 0.05) is 12.3 Å². The SMILES string of the molecule is CC(=O)[C@@H]1C(=O)C[C@](C)(O)[C@@H](C(C)=O)[C@@H]1c1ccc(F)cc1. The van der Waals surface area contributed by atoms with E-state index >= 15 is 0 Å². The quantitative estimate of drug-likeness (QED) is 0.868. The van der Waals surface area contributed by atoms with Crippen LogP contribution in [0.15, 0.2) is 24.3 Å². The van der Waals surface area contributed by atoms with E-state index in [1.165, 1.54) is 45.0 Å². The largest absolute Gasteiger partial charge is 0.389 e. The second-order valence-corrected chi connectivity index (χ2v) is 6.25. The summed E-state index contributed by atoms with van der Waals surface area (Å²) in [5, 5.41) is 10.5. The van der Waals surface area contributed by atoms with Crippen LogP contribution in [0.1, 0.15) is 38.7 Å². The van der Waals surface area contributed by atoms with Crippen LogP contribution in [0, 0.1) is 17.7 Å². The van der Waals surface area contributed by atoms with Gasteiger partial charge in [-0.2, -0.15) is 0 Å². The lowest BCUT2D eigenvalue weighted by Crippen LogP contribution is -2.53. The first kappa shape index (κ1) is 16.5. The molecule has 0 bridgehead atoms. The average molecular weight is 306 g/mol. The van der Waals surface area contributed by atoms with E-state index in [-0.39, 0.29) is 23.8 Å². The van der Waals surface area contributed by atoms with Crippen LogP contribution in [0.5, 0.6) is 0 Å². The van der Waals surface area contributed by atoms with Gasteiger partial charge in [0.1, 0.15) is 23.2 Å². The Morgan fingerprint density at radius 1 is 1.18 bits per heavy atom. The van der Waals surface area contributed by atoms with Crippen molar-refractivity contribution in [1.82, 2.24) is 0 Å². The Hall–Kier alpha value is -1.88. The highest BCUT2D eigenvalue weighted by Crippen LogP contribution is 2.46. The standard InChI is InChI=1S/C17H19FO4/c1-9(19)14-13(21)8-17(3,22)16(10(2)20)15(14)11-4-6-12(18)7-5-11/h4-7,14-16,22H,8H2,1-3H3/t14-,15-,16+,17+/m1/s1. The third-order valence-electron chi connectivity index (χ3n) is 4.40. The first-order valence-corrected chi connectivity index (χ1v) is 7.16. The summed E-state index contributed by atoms with van der Waals surface area (Å²) in [6.45, 7) is 4.07. The van der Waals surface area contributed by atoms with E-state index in [4.69, 9.17) is 0 Å². The highest BCUT2D eigenvalue weighted by molar-refractivity contribution is 6.05. The number of carbonyl (C=O) groups excluding carboxylic acids is 3. The van der Waals surface area contributed by atoms with Crippen LogP contribution < -0.4 is 0 Å². The van der Waals surface area contributed by atoms with E-state index in [2.05, 4.69) is 0 Å². The van der Waals surface area contributed by atoms with Crippen molar-refractivity contribution >= 4 is 17.3 Å². The Bertz CT molecular complexity index is 618. The molecule has 1 aliphatic rings. The maximum atomic E-state index is 13.1. The number of ketones is 3. The van der Waals surface area contributed by atoms with Crippen LogP contribution in [0.4, 0.5) is 4.39 Å². The summed E-state index contributed by atoms with van der Waals surface area (Å²) in [6.07, 6.45) is -0.237. The van der Waals surface area contributed by atoms with Gasteiger partial charge in [0.15, 0.2) is 0 Å². The van der Waals surface area contributed by atoms with E-state index < -0.39 is 29.2 Å². The molecule has 118 valence electrons. The van der Waals surface area contributed by atoms with Crippen LogP contribution in [0.25, 0.3) is 0 Å². The van der Waals surface area contributed by atoms with Crippen molar-refractivity contribution in [2.45, 2.75) is 38.7 Å². The number of carbonyl (C=O) groups is 3. The van der Waals surface area contributed by atoms with Gasteiger partial charge >= 0.3 is 0 Å². The lowest BCUT2D eigenvalue weighted by Gasteiger charge is -2.44. The topological polar surface area (TPSA) is 71.4 Å². The highest BCUT2D eigenvalue weighted by Gasteiger charge is 2.53. The average Bonchev–Trinajstić information content (AvgIpc) is 2.36. The molecular formula is C17H19FO4. The van der Waals surface area contributed by atoms with E-state index in [0.717, 1.165) is 0 Å². The molecule has 0 aromatic heterocycles. The number of Topliss-reactive ketones (excluding diaryl/α,β-unsaturated/α-hetero) is 3. The molecule has 0 amide bonds. The predicted molar refractivity (Wildman–Crippen MR) is 77.7 cm³/mol. The summed E-state index contributed by atoms with van der Waals surface area (Å²) in [4.78, 5) is 36.3. The minimum atomic E-state index is -1.52. The van der Waals surface area contributed by atoms with Gasteiger partial charge in [0.25, 0.3) is 0 Å². The molecule has 1 N–H and O–H groups in total. The molecule has 1 saturated carbocycles. The molecule has 5 heteroatoms. The van der Waals surface area contributed by atoms with Gasteiger partial charge in [0.05, 0.1) is 17.4 Å². The lowest BCUT2D eigenvalue weighted by molar-refractivity contribution is -0.151. The predicted octanol–water partition coefficient (Wildman–Crippen LogP) is 2.04. The van der Waals surface area contributed by atoms with Crippen molar-refractivity contribution in [3.05, 3.63) is 35.6 Å². The van der Waals surface area contributed by atoms with Crippen LogP contribution >= 0.6 is 0 Å². The Balaban J connectivity index is 2.61. The zero-order valence-electron chi connectivity index (χ0n) is 12.8. The molecule has 2 rings (SSSR count). The van der Waals surface area contributed by atoms with Crippen LogP contribution in [-0.2, 0) is 14.4 Å². The normalized spacial score (nSPS) is 31.9. The summed E-state index contributed by atoms with van der Waals surface area (Å²) in [6, 6.07) is 5.36. The molecule has 0 aliphatic heterocycles. The summed E-state index contributed by atoms with van der Waals surface area (Å²) in [5.41, 5.74) is -1.01. The molecule has 22 heavy (non-hydrogen) atoms. The van der Waals surface area contributed by atoms with Crippen molar-refractivity contribution in [1.29, 1.82) is 0 Å². The Kier molecular flexibility index (Phi) is 4.29. The number of halogens is 1. The fraction of sp³-hybridized carbons (Fsp3) is 0.471. The van der Waals surface area contributed by atoms with E-state index in [1.54, 1.807) is 0 Å². The van der Waals surface area contributed by atoms with Crippen molar-refractivity contribution < 1.29 is 23.9 Å². The highest BCUT2D eigenvalue weighted by atomic mass is 19.1. The van der Waals surface area contributed by atoms with Gasteiger partial charge in [-0.25, -0.2) is 4.39 Å². The van der Waals surface area contributed by atoms with Crippen molar-refractivity contribution in [3.63, 3.8) is 0 Å². The molecule has 0 spiro atoms. The second-order valence-electron chi connectivity index (χ2n) is 6.25. The molecule has 0 saturated heterocycles. The molecule has 1 aliphatic carbocycles. The van der Waals surface area contributed by atoms with Gasteiger partial charge in [-0.3, -0.25) is 14.4 Å². The zero-order chi connectivity index (χ0) is 16.7. The first-order chi connectivity index (χ1) is 10.1. The molecule has 0 heterocycles. The molecule has 1 aromatic carbocycles. The third-order valence-corrected chi connectivity index (χ3v) is 4.40. The fourth-order valence-electron chi connectivity index (χ4n) is 3.59. The van der Waals surface area contributed by atoms with E-state index in [1.807, 2.05) is 0 Å². The van der Waals surface area contributed by atoms with Crippen LogP contribution in [0.2, 0.25) is 0 Å². The smallest absolute Gasteiger partial charge is 0.146 e. The van der Waals surface area contributed by atoms with Gasteiger partial charge in [-0.05, 0) is 38.5 Å². The van der Waals surface area contributed by atoms with E-state index in [0.29, 0.717) is 5.56 Å². The minimum absolute atomic E-state index is 0.237. The molecule has 0 radical (unpaired) electrons. The number of aliphatic hydroxyl groups is 1. The Morgan fingerprint density at radius 2 is 1.73 bits per heavy atom.